The second-order valence-electron chi connectivity index (χ2n) is 7.26. The Labute approximate surface area is 153 Å². The van der Waals surface area contributed by atoms with Crippen LogP contribution in [-0.4, -0.2) is 46.0 Å². The minimum absolute atomic E-state index is 0.180. The van der Waals surface area contributed by atoms with Gasteiger partial charge < -0.3 is 9.88 Å². The van der Waals surface area contributed by atoms with Gasteiger partial charge in [0, 0.05) is 35.3 Å². The Morgan fingerprint density at radius 1 is 1.23 bits per heavy atom. The van der Waals surface area contributed by atoms with Crippen LogP contribution in [0.5, 0.6) is 0 Å². The number of carbonyl (C=O) groups is 1. The first-order chi connectivity index (χ1) is 12.7. The van der Waals surface area contributed by atoms with Crippen molar-refractivity contribution in [3.8, 4) is 0 Å². The van der Waals surface area contributed by atoms with Crippen molar-refractivity contribution in [3.05, 3.63) is 59.5 Å². The zero-order chi connectivity index (χ0) is 17.9. The van der Waals surface area contributed by atoms with Crippen molar-refractivity contribution >= 4 is 16.7 Å². The number of rotatable bonds is 5. The predicted molar refractivity (Wildman–Crippen MR) is 102 cm³/mol. The lowest BCUT2D eigenvalue weighted by Crippen LogP contribution is -2.29. The number of aryl methyl sites for hydroxylation is 1. The van der Waals surface area contributed by atoms with E-state index in [1.54, 1.807) is 12.4 Å². The first kappa shape index (κ1) is 16.9. The Bertz CT molecular complexity index is 895. The largest absolute Gasteiger partial charge is 0.361 e. The van der Waals surface area contributed by atoms with Gasteiger partial charge >= 0.3 is 0 Å². The summed E-state index contributed by atoms with van der Waals surface area (Å²) in [5.41, 5.74) is 4.33. The van der Waals surface area contributed by atoms with Gasteiger partial charge in [-0.1, -0.05) is 0 Å². The van der Waals surface area contributed by atoms with E-state index in [1.165, 1.54) is 23.8 Å². The van der Waals surface area contributed by atoms with Crippen LogP contribution in [0.25, 0.3) is 10.9 Å². The number of Topliss-reactive ketones (excluding diaryl/α,β-unsaturated/α-hetero) is 1. The molecule has 3 heterocycles. The molecule has 1 N–H and O–H groups in total. The molecule has 0 radical (unpaired) electrons. The van der Waals surface area contributed by atoms with Crippen molar-refractivity contribution < 1.29 is 4.79 Å². The Balaban J connectivity index is 1.53. The van der Waals surface area contributed by atoms with Crippen LogP contribution in [0.3, 0.4) is 0 Å². The molecule has 4 rings (SSSR count). The van der Waals surface area contributed by atoms with Crippen molar-refractivity contribution in [3.63, 3.8) is 0 Å². The Morgan fingerprint density at radius 2 is 2.08 bits per heavy atom. The number of likely N-dealkylation sites (tertiary alicyclic amines) is 1. The summed E-state index contributed by atoms with van der Waals surface area (Å²) in [4.78, 5) is 18.4. The second kappa shape index (κ2) is 7.38. The number of nitrogens with one attached hydrogen (secondary N) is 1. The SMILES string of the molecule is CN1CCC(c2c[nH]c3ccc(C(=O)CCc4ccnnc4)cc23)CC1. The predicted octanol–water partition coefficient (Wildman–Crippen LogP) is 3.58. The zero-order valence-corrected chi connectivity index (χ0v) is 15.1. The smallest absolute Gasteiger partial charge is 0.163 e. The lowest BCUT2D eigenvalue weighted by molar-refractivity contribution is 0.0983. The van der Waals surface area contributed by atoms with Crippen LogP contribution in [0.4, 0.5) is 0 Å². The van der Waals surface area contributed by atoms with Crippen molar-refractivity contribution in [2.24, 2.45) is 0 Å². The molecule has 0 atom stereocenters. The lowest BCUT2D eigenvalue weighted by Gasteiger charge is -2.28. The van der Waals surface area contributed by atoms with Crippen LogP contribution in [-0.2, 0) is 6.42 Å². The third-order valence-corrected chi connectivity index (χ3v) is 5.48. The number of ketones is 1. The summed E-state index contributed by atoms with van der Waals surface area (Å²) >= 11 is 0. The number of fused-ring (bicyclic) bond motifs is 1. The van der Waals surface area contributed by atoms with Gasteiger partial charge in [-0.2, -0.15) is 10.2 Å². The van der Waals surface area contributed by atoms with Gasteiger partial charge in [-0.15, -0.1) is 0 Å². The van der Waals surface area contributed by atoms with Gasteiger partial charge in [0.2, 0.25) is 0 Å². The lowest BCUT2D eigenvalue weighted by atomic mass is 9.89. The summed E-state index contributed by atoms with van der Waals surface area (Å²) in [5.74, 6) is 0.757. The molecule has 0 spiro atoms. The minimum Gasteiger partial charge on any atom is -0.361 e. The fourth-order valence-electron chi connectivity index (χ4n) is 3.84. The number of hydrogen-bond acceptors (Lipinski definition) is 4. The monoisotopic (exact) mass is 348 g/mol. The minimum atomic E-state index is 0.180. The normalized spacial score (nSPS) is 16.2. The summed E-state index contributed by atoms with van der Waals surface area (Å²) < 4.78 is 0. The number of H-pyrrole nitrogens is 1. The second-order valence-corrected chi connectivity index (χ2v) is 7.26. The molecule has 5 heteroatoms. The van der Waals surface area contributed by atoms with Gasteiger partial charge in [-0.05, 0) is 80.7 Å². The van der Waals surface area contributed by atoms with Gasteiger partial charge in [-0.25, -0.2) is 0 Å². The van der Waals surface area contributed by atoms with Gasteiger partial charge in [0.25, 0.3) is 0 Å². The van der Waals surface area contributed by atoms with Crippen LogP contribution >= 0.6 is 0 Å². The number of carbonyl (C=O) groups excluding carboxylic acids is 1. The average Bonchev–Trinajstić information content (AvgIpc) is 3.11. The van der Waals surface area contributed by atoms with Gasteiger partial charge in [-0.3, -0.25) is 4.79 Å². The number of piperidine rings is 1. The van der Waals surface area contributed by atoms with Crippen molar-refractivity contribution in [1.82, 2.24) is 20.1 Å². The van der Waals surface area contributed by atoms with E-state index in [2.05, 4.69) is 39.4 Å². The third kappa shape index (κ3) is 3.53. The van der Waals surface area contributed by atoms with Crippen molar-refractivity contribution in [2.45, 2.75) is 31.6 Å². The molecule has 0 aliphatic carbocycles. The average molecular weight is 348 g/mol. The Morgan fingerprint density at radius 3 is 2.85 bits per heavy atom. The first-order valence-corrected chi connectivity index (χ1v) is 9.29. The van der Waals surface area contributed by atoms with E-state index in [-0.39, 0.29) is 5.78 Å². The molecule has 1 saturated heterocycles. The number of benzene rings is 1. The standard InChI is InChI=1S/C21H24N4O/c1-25-10-7-16(8-11-25)19-14-22-20-4-3-17(12-18(19)20)21(26)5-2-15-6-9-23-24-13-15/h3-4,6,9,12-14,16,22H,2,5,7-8,10-11H2,1H3. The molecule has 1 fully saturated rings. The summed E-state index contributed by atoms with van der Waals surface area (Å²) in [6, 6.07) is 7.96. The highest BCUT2D eigenvalue weighted by Gasteiger charge is 2.21. The highest BCUT2D eigenvalue weighted by molar-refractivity contribution is 6.00. The molecule has 0 bridgehead atoms. The molecule has 134 valence electrons. The van der Waals surface area contributed by atoms with Gasteiger partial charge in [0.05, 0.1) is 6.20 Å². The highest BCUT2D eigenvalue weighted by Crippen LogP contribution is 2.33. The van der Waals surface area contributed by atoms with Crippen LogP contribution in [0.2, 0.25) is 0 Å². The molecule has 5 nitrogen and oxygen atoms in total. The highest BCUT2D eigenvalue weighted by atomic mass is 16.1. The molecule has 1 aliphatic heterocycles. The van der Waals surface area contributed by atoms with Crippen molar-refractivity contribution in [2.75, 3.05) is 20.1 Å². The molecule has 0 unspecified atom stereocenters. The number of aromatic nitrogens is 3. The van der Waals surface area contributed by atoms with Gasteiger partial charge in [0.15, 0.2) is 5.78 Å². The molecule has 0 saturated carbocycles. The van der Waals surface area contributed by atoms with Crippen LogP contribution in [0.1, 0.15) is 46.7 Å². The van der Waals surface area contributed by atoms with E-state index in [0.29, 0.717) is 18.8 Å². The molecular weight excluding hydrogens is 324 g/mol. The maximum absolute atomic E-state index is 12.7. The summed E-state index contributed by atoms with van der Waals surface area (Å²) in [6.07, 6.45) is 9.07. The summed E-state index contributed by atoms with van der Waals surface area (Å²) in [7, 11) is 2.18. The summed E-state index contributed by atoms with van der Waals surface area (Å²) in [6.45, 7) is 2.27. The molecule has 26 heavy (non-hydrogen) atoms. The Hall–Kier alpha value is -2.53. The van der Waals surface area contributed by atoms with Crippen molar-refractivity contribution in [1.29, 1.82) is 0 Å². The molecular formula is C21H24N4O. The number of nitrogens with zero attached hydrogens (tertiary/aromatic N) is 3. The van der Waals surface area contributed by atoms with E-state index in [1.807, 2.05) is 18.2 Å². The molecule has 0 amide bonds. The topological polar surface area (TPSA) is 61.9 Å². The fraction of sp³-hybridized carbons (Fsp3) is 0.381. The van der Waals surface area contributed by atoms with E-state index < -0.39 is 0 Å². The maximum Gasteiger partial charge on any atom is 0.163 e. The third-order valence-electron chi connectivity index (χ3n) is 5.48. The Kier molecular flexibility index (Phi) is 4.80. The fourth-order valence-corrected chi connectivity index (χ4v) is 3.84. The number of aromatic amines is 1. The molecule has 2 aromatic heterocycles. The van der Waals surface area contributed by atoms with E-state index in [0.717, 1.165) is 29.7 Å². The molecule has 3 aromatic rings. The summed E-state index contributed by atoms with van der Waals surface area (Å²) in [5, 5.41) is 8.85. The molecule has 1 aliphatic rings. The van der Waals surface area contributed by atoms with Gasteiger partial charge in [0.1, 0.15) is 0 Å². The van der Waals surface area contributed by atoms with Crippen LogP contribution in [0.15, 0.2) is 42.9 Å². The quantitative estimate of drug-likeness (QED) is 0.716. The van der Waals surface area contributed by atoms with Crippen LogP contribution in [0, 0.1) is 0 Å². The zero-order valence-electron chi connectivity index (χ0n) is 15.1. The van der Waals surface area contributed by atoms with E-state index >= 15 is 0 Å². The maximum atomic E-state index is 12.7. The van der Waals surface area contributed by atoms with E-state index in [9.17, 15) is 4.79 Å². The van der Waals surface area contributed by atoms with E-state index in [4.69, 9.17) is 0 Å². The number of hydrogen-bond donors (Lipinski definition) is 1. The molecule has 1 aromatic carbocycles. The first-order valence-electron chi connectivity index (χ1n) is 9.29. The van der Waals surface area contributed by atoms with Crippen LogP contribution < -0.4 is 0 Å².